The van der Waals surface area contributed by atoms with Crippen LogP contribution < -0.4 is 0 Å². The van der Waals surface area contributed by atoms with Crippen LogP contribution in [-0.4, -0.2) is 26.3 Å². The Bertz CT molecular complexity index is 782. The second-order valence-corrected chi connectivity index (χ2v) is 6.00. The van der Waals surface area contributed by atoms with Crippen LogP contribution in [0.4, 0.5) is 0 Å². The quantitative estimate of drug-likeness (QED) is 0.509. The molecule has 3 aromatic rings. The van der Waals surface area contributed by atoms with E-state index in [0.717, 1.165) is 28.4 Å². The molecule has 0 radical (unpaired) electrons. The minimum absolute atomic E-state index is 0.0975. The maximum absolute atomic E-state index is 12.3. The van der Waals surface area contributed by atoms with E-state index < -0.39 is 0 Å². The second-order valence-electron chi connectivity index (χ2n) is 5.05. The minimum atomic E-state index is 0.0975. The number of Topliss-reactive ketones (excluding diaryl/α,β-unsaturated/α-hetero) is 1. The van der Waals surface area contributed by atoms with Crippen molar-refractivity contribution in [3.63, 3.8) is 0 Å². The highest BCUT2D eigenvalue weighted by Crippen LogP contribution is 2.21. The van der Waals surface area contributed by atoms with Gasteiger partial charge in [-0.3, -0.25) is 4.79 Å². The van der Waals surface area contributed by atoms with E-state index in [-0.39, 0.29) is 5.78 Å². The van der Waals surface area contributed by atoms with Crippen molar-refractivity contribution in [2.45, 2.75) is 18.6 Å². The zero-order chi connectivity index (χ0) is 16.1. The summed E-state index contributed by atoms with van der Waals surface area (Å²) in [6.07, 6.45) is 1.68. The number of ketones is 1. The van der Waals surface area contributed by atoms with Gasteiger partial charge in [-0.1, -0.05) is 66.4 Å². The maximum Gasteiger partial charge on any atom is 0.191 e. The number of carbonyl (C=O) groups excluding carboxylic acids is 1. The van der Waals surface area contributed by atoms with Crippen molar-refractivity contribution >= 4 is 17.5 Å². The first kappa shape index (κ1) is 15.5. The van der Waals surface area contributed by atoms with Crippen molar-refractivity contribution in [2.24, 2.45) is 0 Å². The lowest BCUT2D eigenvalue weighted by atomic mass is 10.0. The number of aryl methyl sites for hydroxylation is 1. The average Bonchev–Trinajstić information content (AvgIpc) is 3.08. The van der Waals surface area contributed by atoms with E-state index in [9.17, 15) is 4.79 Å². The van der Waals surface area contributed by atoms with Crippen molar-refractivity contribution in [3.05, 3.63) is 66.5 Å². The molecule has 0 amide bonds. The summed E-state index contributed by atoms with van der Waals surface area (Å²) in [6, 6.07) is 17.9. The molecular formula is C18H17N3OS. The SMILES string of the molecule is CCn1cnnc1SCC(=O)c1ccc(-c2ccccc2)cc1. The highest BCUT2D eigenvalue weighted by molar-refractivity contribution is 7.99. The average molecular weight is 323 g/mol. The number of carbonyl (C=O) groups is 1. The van der Waals surface area contributed by atoms with Gasteiger partial charge < -0.3 is 4.57 Å². The van der Waals surface area contributed by atoms with Gasteiger partial charge in [0.25, 0.3) is 0 Å². The summed E-state index contributed by atoms with van der Waals surface area (Å²) in [5.41, 5.74) is 2.98. The minimum Gasteiger partial charge on any atom is -0.309 e. The smallest absolute Gasteiger partial charge is 0.191 e. The molecule has 0 bridgehead atoms. The third-order valence-corrected chi connectivity index (χ3v) is 4.55. The third kappa shape index (κ3) is 3.68. The van der Waals surface area contributed by atoms with Crippen LogP contribution >= 0.6 is 11.8 Å². The van der Waals surface area contributed by atoms with Crippen LogP contribution in [-0.2, 0) is 6.54 Å². The Morgan fingerprint density at radius 1 is 1.04 bits per heavy atom. The van der Waals surface area contributed by atoms with Crippen LogP contribution in [0.5, 0.6) is 0 Å². The van der Waals surface area contributed by atoms with Crippen molar-refractivity contribution in [1.29, 1.82) is 0 Å². The van der Waals surface area contributed by atoms with Gasteiger partial charge >= 0.3 is 0 Å². The molecule has 0 aliphatic heterocycles. The zero-order valence-corrected chi connectivity index (χ0v) is 13.7. The van der Waals surface area contributed by atoms with Crippen LogP contribution in [0, 0.1) is 0 Å². The molecule has 1 aromatic heterocycles. The molecule has 0 unspecified atom stereocenters. The Morgan fingerprint density at radius 2 is 1.74 bits per heavy atom. The Hall–Kier alpha value is -2.40. The fourth-order valence-corrected chi connectivity index (χ4v) is 3.14. The summed E-state index contributed by atoms with van der Waals surface area (Å²) in [4.78, 5) is 12.3. The molecule has 0 N–H and O–H groups in total. The number of hydrogen-bond acceptors (Lipinski definition) is 4. The number of aromatic nitrogens is 3. The van der Waals surface area contributed by atoms with E-state index in [4.69, 9.17) is 0 Å². The van der Waals surface area contributed by atoms with Crippen molar-refractivity contribution in [3.8, 4) is 11.1 Å². The van der Waals surface area contributed by atoms with Gasteiger partial charge in [0.2, 0.25) is 0 Å². The van der Waals surface area contributed by atoms with E-state index in [0.29, 0.717) is 5.75 Å². The first-order valence-electron chi connectivity index (χ1n) is 7.47. The van der Waals surface area contributed by atoms with E-state index in [2.05, 4.69) is 22.3 Å². The number of nitrogens with zero attached hydrogens (tertiary/aromatic N) is 3. The normalized spacial score (nSPS) is 10.7. The van der Waals surface area contributed by atoms with Crippen molar-refractivity contribution < 1.29 is 4.79 Å². The zero-order valence-electron chi connectivity index (χ0n) is 12.8. The molecule has 0 saturated heterocycles. The summed E-state index contributed by atoms with van der Waals surface area (Å²) in [5, 5.41) is 8.68. The lowest BCUT2D eigenvalue weighted by molar-refractivity contribution is 0.102. The van der Waals surface area contributed by atoms with E-state index >= 15 is 0 Å². The van der Waals surface area contributed by atoms with Gasteiger partial charge in [-0.05, 0) is 18.1 Å². The standard InChI is InChI=1S/C18H17N3OS/c1-2-21-13-19-20-18(21)23-12-17(22)16-10-8-15(9-11-16)14-6-4-3-5-7-14/h3-11,13H,2,12H2,1H3. The lowest BCUT2D eigenvalue weighted by Gasteiger charge is -2.05. The first-order chi connectivity index (χ1) is 11.3. The molecule has 0 aliphatic carbocycles. The Labute approximate surface area is 139 Å². The highest BCUT2D eigenvalue weighted by Gasteiger charge is 2.10. The molecule has 5 heteroatoms. The fourth-order valence-electron chi connectivity index (χ4n) is 2.27. The molecule has 0 fully saturated rings. The predicted octanol–water partition coefficient (Wildman–Crippen LogP) is 3.94. The molecular weight excluding hydrogens is 306 g/mol. The van der Waals surface area contributed by atoms with Gasteiger partial charge in [-0.25, -0.2) is 0 Å². The van der Waals surface area contributed by atoms with Gasteiger partial charge in [-0.2, -0.15) is 0 Å². The van der Waals surface area contributed by atoms with E-state index in [1.165, 1.54) is 11.8 Å². The van der Waals surface area contributed by atoms with Gasteiger partial charge in [0.1, 0.15) is 6.33 Å². The topological polar surface area (TPSA) is 47.8 Å². The van der Waals surface area contributed by atoms with Crippen LogP contribution in [0.1, 0.15) is 17.3 Å². The monoisotopic (exact) mass is 323 g/mol. The first-order valence-corrected chi connectivity index (χ1v) is 8.46. The molecule has 4 nitrogen and oxygen atoms in total. The van der Waals surface area contributed by atoms with Crippen molar-refractivity contribution in [1.82, 2.24) is 14.8 Å². The Balaban J connectivity index is 1.66. The van der Waals surface area contributed by atoms with E-state index in [1.54, 1.807) is 6.33 Å². The second kappa shape index (κ2) is 7.24. The van der Waals surface area contributed by atoms with Gasteiger partial charge in [0.05, 0.1) is 5.75 Å². The highest BCUT2D eigenvalue weighted by atomic mass is 32.2. The molecule has 0 saturated carbocycles. The van der Waals surface area contributed by atoms with Gasteiger partial charge in [0, 0.05) is 12.1 Å². The van der Waals surface area contributed by atoms with E-state index in [1.807, 2.05) is 54.0 Å². The van der Waals surface area contributed by atoms with Crippen LogP contribution in [0.3, 0.4) is 0 Å². The number of thioether (sulfide) groups is 1. The van der Waals surface area contributed by atoms with Crippen LogP contribution in [0.15, 0.2) is 66.1 Å². The van der Waals surface area contributed by atoms with Crippen LogP contribution in [0.25, 0.3) is 11.1 Å². The van der Waals surface area contributed by atoms with Gasteiger partial charge in [-0.15, -0.1) is 10.2 Å². The largest absolute Gasteiger partial charge is 0.309 e. The Morgan fingerprint density at radius 3 is 2.43 bits per heavy atom. The number of rotatable bonds is 6. The lowest BCUT2D eigenvalue weighted by Crippen LogP contribution is -2.04. The summed E-state index contributed by atoms with van der Waals surface area (Å²) in [7, 11) is 0. The maximum atomic E-state index is 12.3. The van der Waals surface area contributed by atoms with Crippen LogP contribution in [0.2, 0.25) is 0 Å². The molecule has 0 spiro atoms. The molecule has 2 aromatic carbocycles. The number of benzene rings is 2. The molecule has 0 aliphatic rings. The third-order valence-electron chi connectivity index (χ3n) is 3.57. The molecule has 23 heavy (non-hydrogen) atoms. The molecule has 0 atom stereocenters. The predicted molar refractivity (Wildman–Crippen MR) is 92.6 cm³/mol. The van der Waals surface area contributed by atoms with Crippen molar-refractivity contribution in [2.75, 3.05) is 5.75 Å². The summed E-state index contributed by atoms with van der Waals surface area (Å²) < 4.78 is 1.93. The summed E-state index contributed by atoms with van der Waals surface area (Å²) in [5.74, 6) is 0.462. The molecule has 3 rings (SSSR count). The number of hydrogen-bond donors (Lipinski definition) is 0. The summed E-state index contributed by atoms with van der Waals surface area (Å²) >= 11 is 1.42. The Kier molecular flexibility index (Phi) is 4.88. The van der Waals surface area contributed by atoms with Gasteiger partial charge in [0.15, 0.2) is 10.9 Å². The summed E-state index contributed by atoms with van der Waals surface area (Å²) in [6.45, 7) is 2.83. The fraction of sp³-hybridized carbons (Fsp3) is 0.167. The molecule has 116 valence electrons. The molecule has 1 heterocycles.